The van der Waals surface area contributed by atoms with Gasteiger partial charge in [-0.25, -0.2) is 0 Å². The molecular weight excluding hydrogens is 302 g/mol. The van der Waals surface area contributed by atoms with Crippen LogP contribution in [0.3, 0.4) is 0 Å². The van der Waals surface area contributed by atoms with Crippen LogP contribution < -0.4 is 4.74 Å². The van der Waals surface area contributed by atoms with E-state index in [0.29, 0.717) is 16.3 Å². The van der Waals surface area contributed by atoms with Crippen LogP contribution in [0.15, 0.2) is 12.1 Å². The van der Waals surface area contributed by atoms with E-state index in [-0.39, 0.29) is 5.78 Å². The van der Waals surface area contributed by atoms with Gasteiger partial charge in [-0.3, -0.25) is 4.79 Å². The van der Waals surface area contributed by atoms with Crippen molar-refractivity contribution in [2.75, 3.05) is 7.11 Å². The minimum absolute atomic E-state index is 0.0479. The highest BCUT2D eigenvalue weighted by atomic mass is 127. The average Bonchev–Trinajstić information content (AvgIpc) is 2.04. The fraction of sp³-hybridized carbons (Fsp3) is 0.222. The molecule has 0 aliphatic rings. The van der Waals surface area contributed by atoms with Gasteiger partial charge in [0, 0.05) is 3.57 Å². The van der Waals surface area contributed by atoms with Crippen molar-refractivity contribution < 1.29 is 9.53 Å². The molecule has 0 heterocycles. The number of ether oxygens (including phenoxy) is 1. The summed E-state index contributed by atoms with van der Waals surface area (Å²) in [5.74, 6) is 0.487. The van der Waals surface area contributed by atoms with Crippen molar-refractivity contribution in [1.29, 1.82) is 0 Å². The van der Waals surface area contributed by atoms with E-state index in [1.54, 1.807) is 6.07 Å². The Balaban J connectivity index is 3.38. The van der Waals surface area contributed by atoms with Crippen molar-refractivity contribution in [2.45, 2.75) is 6.92 Å². The summed E-state index contributed by atoms with van der Waals surface area (Å²) >= 11 is 8.03. The Morgan fingerprint density at radius 1 is 1.54 bits per heavy atom. The molecule has 0 aliphatic carbocycles. The zero-order valence-corrected chi connectivity index (χ0v) is 10.1. The third kappa shape index (κ3) is 2.14. The van der Waals surface area contributed by atoms with Crippen molar-refractivity contribution in [3.05, 3.63) is 26.3 Å². The number of methoxy groups -OCH3 is 1. The number of carbonyl (C=O) groups excluding carboxylic acids is 1. The Labute approximate surface area is 95.4 Å². The van der Waals surface area contributed by atoms with Gasteiger partial charge in [-0.05, 0) is 41.6 Å². The van der Waals surface area contributed by atoms with Gasteiger partial charge in [-0.2, -0.15) is 0 Å². The third-order valence-corrected chi connectivity index (χ3v) is 2.90. The van der Waals surface area contributed by atoms with E-state index in [2.05, 4.69) is 22.6 Å². The fourth-order valence-corrected chi connectivity index (χ4v) is 2.38. The van der Waals surface area contributed by atoms with Gasteiger partial charge in [0.25, 0.3) is 0 Å². The molecule has 0 N–H and O–H groups in total. The van der Waals surface area contributed by atoms with Crippen LogP contribution in [0.25, 0.3) is 0 Å². The molecule has 0 aliphatic heterocycles. The molecule has 0 unspecified atom stereocenters. The van der Waals surface area contributed by atoms with Gasteiger partial charge in [-0.15, -0.1) is 0 Å². The second-order valence-electron chi connectivity index (χ2n) is 2.49. The molecule has 1 rings (SSSR count). The topological polar surface area (TPSA) is 26.3 Å². The van der Waals surface area contributed by atoms with Crippen LogP contribution >= 0.6 is 34.2 Å². The van der Waals surface area contributed by atoms with Gasteiger partial charge in [0.2, 0.25) is 0 Å². The van der Waals surface area contributed by atoms with Gasteiger partial charge in [0.05, 0.1) is 17.7 Å². The zero-order valence-electron chi connectivity index (χ0n) is 7.23. The summed E-state index contributed by atoms with van der Waals surface area (Å²) in [5.41, 5.74) is 0.529. The maximum atomic E-state index is 11.2. The number of benzene rings is 1. The fourth-order valence-electron chi connectivity index (χ4n) is 1.01. The molecule has 0 bridgehead atoms. The summed E-state index contributed by atoms with van der Waals surface area (Å²) in [6, 6.07) is 3.55. The molecule has 0 aromatic heterocycles. The van der Waals surface area contributed by atoms with E-state index < -0.39 is 0 Å². The second-order valence-corrected chi connectivity index (χ2v) is 4.03. The van der Waals surface area contributed by atoms with Gasteiger partial charge >= 0.3 is 0 Å². The lowest BCUT2D eigenvalue weighted by Crippen LogP contribution is -1.99. The lowest BCUT2D eigenvalue weighted by atomic mass is 10.1. The van der Waals surface area contributed by atoms with Crippen LogP contribution in [-0.4, -0.2) is 12.9 Å². The summed E-state index contributed by atoms with van der Waals surface area (Å²) in [6.07, 6.45) is 0. The van der Waals surface area contributed by atoms with Crippen LogP contribution in [0.1, 0.15) is 17.3 Å². The average molecular weight is 311 g/mol. The molecule has 0 radical (unpaired) electrons. The number of hydrogen-bond donors (Lipinski definition) is 0. The molecule has 0 atom stereocenters. The van der Waals surface area contributed by atoms with Crippen LogP contribution in [0.4, 0.5) is 0 Å². The van der Waals surface area contributed by atoms with Gasteiger partial charge in [0.1, 0.15) is 5.75 Å². The molecule has 13 heavy (non-hydrogen) atoms. The van der Waals surface area contributed by atoms with E-state index in [1.165, 1.54) is 14.0 Å². The van der Waals surface area contributed by atoms with Crippen LogP contribution in [0.5, 0.6) is 5.75 Å². The first kappa shape index (κ1) is 10.8. The maximum Gasteiger partial charge on any atom is 0.162 e. The number of ketones is 1. The Kier molecular flexibility index (Phi) is 3.55. The van der Waals surface area contributed by atoms with E-state index in [0.717, 1.165) is 3.57 Å². The molecule has 0 saturated carbocycles. The molecule has 70 valence electrons. The molecule has 1 aromatic carbocycles. The predicted octanol–water partition coefficient (Wildman–Crippen LogP) is 3.16. The van der Waals surface area contributed by atoms with Crippen molar-refractivity contribution in [2.24, 2.45) is 0 Å². The van der Waals surface area contributed by atoms with E-state index in [1.807, 2.05) is 6.07 Å². The van der Waals surface area contributed by atoms with Crippen molar-refractivity contribution in [3.63, 3.8) is 0 Å². The van der Waals surface area contributed by atoms with Gasteiger partial charge in [-0.1, -0.05) is 11.6 Å². The minimum Gasteiger partial charge on any atom is -0.495 e. The van der Waals surface area contributed by atoms with Crippen molar-refractivity contribution in [3.8, 4) is 5.75 Å². The lowest BCUT2D eigenvalue weighted by molar-refractivity contribution is 0.101. The third-order valence-electron chi connectivity index (χ3n) is 1.63. The number of halogens is 2. The summed E-state index contributed by atoms with van der Waals surface area (Å²) in [7, 11) is 1.53. The normalized spacial score (nSPS) is 9.85. The quantitative estimate of drug-likeness (QED) is 0.619. The Morgan fingerprint density at radius 3 is 2.62 bits per heavy atom. The molecule has 0 fully saturated rings. The summed E-state index contributed by atoms with van der Waals surface area (Å²) in [5, 5.41) is 0.391. The van der Waals surface area contributed by atoms with E-state index >= 15 is 0 Å². The number of hydrogen-bond acceptors (Lipinski definition) is 2. The minimum atomic E-state index is -0.0479. The number of carbonyl (C=O) groups is 1. The molecule has 0 amide bonds. The highest BCUT2D eigenvalue weighted by Gasteiger charge is 2.13. The highest BCUT2D eigenvalue weighted by molar-refractivity contribution is 14.1. The Hall–Kier alpha value is -0.290. The number of Topliss-reactive ketones (excluding diaryl/α,β-unsaturated/α-hetero) is 1. The molecular formula is C9H8ClIO2. The highest BCUT2D eigenvalue weighted by Crippen LogP contribution is 2.31. The predicted molar refractivity (Wildman–Crippen MR) is 60.7 cm³/mol. The zero-order chi connectivity index (χ0) is 10.0. The summed E-state index contributed by atoms with van der Waals surface area (Å²) < 4.78 is 5.85. The van der Waals surface area contributed by atoms with E-state index in [9.17, 15) is 4.79 Å². The Bertz CT molecular complexity index is 350. The largest absolute Gasteiger partial charge is 0.495 e. The summed E-state index contributed by atoms with van der Waals surface area (Å²) in [4.78, 5) is 11.2. The number of rotatable bonds is 2. The molecule has 0 spiro atoms. The Morgan fingerprint density at radius 2 is 2.15 bits per heavy atom. The molecule has 1 aromatic rings. The molecule has 4 heteroatoms. The van der Waals surface area contributed by atoms with Crippen LogP contribution in [0.2, 0.25) is 5.02 Å². The molecule has 2 nitrogen and oxygen atoms in total. The smallest absolute Gasteiger partial charge is 0.162 e. The molecule has 0 saturated heterocycles. The second kappa shape index (κ2) is 4.28. The monoisotopic (exact) mass is 310 g/mol. The van der Waals surface area contributed by atoms with Crippen LogP contribution in [-0.2, 0) is 0 Å². The maximum absolute atomic E-state index is 11.2. The van der Waals surface area contributed by atoms with Gasteiger partial charge in [0.15, 0.2) is 5.78 Å². The van der Waals surface area contributed by atoms with Crippen LogP contribution in [0, 0.1) is 3.57 Å². The first-order valence-corrected chi connectivity index (χ1v) is 5.06. The van der Waals surface area contributed by atoms with Crippen molar-refractivity contribution >= 4 is 40.0 Å². The van der Waals surface area contributed by atoms with E-state index in [4.69, 9.17) is 16.3 Å². The van der Waals surface area contributed by atoms with Gasteiger partial charge < -0.3 is 4.74 Å². The SMILES string of the molecule is COc1ccc(I)c(C(C)=O)c1Cl. The van der Waals surface area contributed by atoms with Crippen molar-refractivity contribution in [1.82, 2.24) is 0 Å². The first-order valence-electron chi connectivity index (χ1n) is 3.61. The first-order chi connectivity index (χ1) is 6.07. The summed E-state index contributed by atoms with van der Waals surface area (Å²) in [6.45, 7) is 1.49. The lowest BCUT2D eigenvalue weighted by Gasteiger charge is -2.07. The standard InChI is InChI=1S/C9H8ClIO2/c1-5(12)8-6(11)3-4-7(13-2)9(8)10/h3-4H,1-2H3.